The van der Waals surface area contributed by atoms with Crippen LogP contribution in [0.3, 0.4) is 0 Å². The number of esters is 1. The van der Waals surface area contributed by atoms with Gasteiger partial charge >= 0.3 is 5.97 Å². The highest BCUT2D eigenvalue weighted by atomic mass is 16.5. The average Bonchev–Trinajstić information content (AvgIpc) is 3.51. The number of nitrogen functional groups attached to an aromatic ring is 1. The van der Waals surface area contributed by atoms with Crippen molar-refractivity contribution in [1.82, 2.24) is 14.5 Å². The van der Waals surface area contributed by atoms with Crippen LogP contribution in [0.2, 0.25) is 0 Å². The third kappa shape index (κ3) is 5.75. The fourth-order valence-corrected chi connectivity index (χ4v) is 4.99. The molecule has 1 aromatic heterocycles. The highest BCUT2D eigenvalue weighted by molar-refractivity contribution is 5.98. The number of aromatic nitrogens is 2. The Hall–Kier alpha value is -3.68. The minimum Gasteiger partial charge on any atom is -0.466 e. The number of carbonyl (C=O) groups is 2. The van der Waals surface area contributed by atoms with Gasteiger partial charge in [-0.15, -0.1) is 0 Å². The van der Waals surface area contributed by atoms with Gasteiger partial charge in [0.05, 0.1) is 24.1 Å². The summed E-state index contributed by atoms with van der Waals surface area (Å²) in [6.45, 7) is 2.51. The number of hydrogen-bond acceptors (Lipinski definition) is 5. The van der Waals surface area contributed by atoms with Crippen LogP contribution in [0.5, 0.6) is 0 Å². The summed E-state index contributed by atoms with van der Waals surface area (Å²) in [5.74, 6) is 0.690. The van der Waals surface area contributed by atoms with Crippen LogP contribution in [0, 0.1) is 5.41 Å². The van der Waals surface area contributed by atoms with E-state index >= 15 is 0 Å². The van der Waals surface area contributed by atoms with Gasteiger partial charge in [0.15, 0.2) is 0 Å². The van der Waals surface area contributed by atoms with Gasteiger partial charge < -0.3 is 19.9 Å². The lowest BCUT2D eigenvalue weighted by molar-refractivity contribution is -0.143. The third-order valence-electron chi connectivity index (χ3n) is 7.01. The number of ether oxygens (including phenoxy) is 1. The zero-order valence-electron chi connectivity index (χ0n) is 21.1. The van der Waals surface area contributed by atoms with E-state index in [1.165, 1.54) is 0 Å². The van der Waals surface area contributed by atoms with E-state index in [-0.39, 0.29) is 30.2 Å². The zero-order valence-corrected chi connectivity index (χ0v) is 21.1. The summed E-state index contributed by atoms with van der Waals surface area (Å²) in [5.41, 5.74) is 9.78. The summed E-state index contributed by atoms with van der Waals surface area (Å²) in [6.07, 6.45) is 5.92. The molecule has 0 saturated heterocycles. The first-order valence-electron chi connectivity index (χ1n) is 12.7. The number of benzene rings is 2. The molecule has 0 atom stereocenters. The minimum atomic E-state index is -0.269. The Bertz CT molecular complexity index is 1240. The Morgan fingerprint density at radius 1 is 1.11 bits per heavy atom. The van der Waals surface area contributed by atoms with Gasteiger partial charge in [0.1, 0.15) is 11.7 Å². The molecule has 1 amide bonds. The molecule has 1 heterocycles. The zero-order chi connectivity index (χ0) is 25.7. The molecule has 1 aliphatic rings. The second-order valence-corrected chi connectivity index (χ2v) is 9.39. The van der Waals surface area contributed by atoms with Crippen LogP contribution in [0.25, 0.3) is 11.0 Å². The Labute approximate surface area is 211 Å². The fraction of sp³-hybridized carbons (Fsp3) is 0.429. The molecule has 3 N–H and O–H groups in total. The van der Waals surface area contributed by atoms with Crippen molar-refractivity contribution in [3.8, 4) is 0 Å². The number of imidazole rings is 1. The van der Waals surface area contributed by atoms with Gasteiger partial charge in [-0.25, -0.2) is 4.98 Å². The number of aryl methyl sites for hydroxylation is 3. The first-order valence-corrected chi connectivity index (χ1v) is 12.7. The first-order chi connectivity index (χ1) is 17.4. The van der Waals surface area contributed by atoms with E-state index < -0.39 is 0 Å². The van der Waals surface area contributed by atoms with E-state index in [0.717, 1.165) is 60.9 Å². The van der Waals surface area contributed by atoms with E-state index in [1.807, 2.05) is 54.4 Å². The summed E-state index contributed by atoms with van der Waals surface area (Å²) in [4.78, 5) is 32.2. The van der Waals surface area contributed by atoms with Gasteiger partial charge in [-0.1, -0.05) is 37.1 Å². The van der Waals surface area contributed by atoms with Crippen LogP contribution < -0.4 is 5.73 Å². The lowest BCUT2D eigenvalue weighted by Gasteiger charge is -2.29. The van der Waals surface area contributed by atoms with Gasteiger partial charge in [-0.05, 0) is 49.9 Å². The summed E-state index contributed by atoms with van der Waals surface area (Å²) < 4.78 is 7.15. The first kappa shape index (κ1) is 25.4. The van der Waals surface area contributed by atoms with Gasteiger partial charge in [-0.2, -0.15) is 0 Å². The second-order valence-electron chi connectivity index (χ2n) is 9.39. The number of nitrogens with two attached hydrogens (primary N) is 1. The van der Waals surface area contributed by atoms with Crippen LogP contribution in [0.4, 0.5) is 0 Å². The molecule has 0 aliphatic heterocycles. The molecule has 1 aliphatic carbocycles. The highest BCUT2D eigenvalue weighted by Gasteiger charge is 2.28. The maximum atomic E-state index is 13.5. The van der Waals surface area contributed by atoms with Crippen LogP contribution in [0.1, 0.15) is 66.3 Å². The van der Waals surface area contributed by atoms with Crippen molar-refractivity contribution in [2.45, 2.75) is 57.9 Å². The normalized spacial score (nSPS) is 13.7. The van der Waals surface area contributed by atoms with Gasteiger partial charge in [0.2, 0.25) is 0 Å². The van der Waals surface area contributed by atoms with Crippen LogP contribution >= 0.6 is 0 Å². The van der Waals surface area contributed by atoms with Crippen LogP contribution in [0.15, 0.2) is 42.5 Å². The quantitative estimate of drug-likeness (QED) is 0.254. The number of hydrogen-bond donors (Lipinski definition) is 2. The highest BCUT2D eigenvalue weighted by Crippen LogP contribution is 2.26. The Morgan fingerprint density at radius 3 is 2.47 bits per heavy atom. The predicted octanol–water partition coefficient (Wildman–Crippen LogP) is 3.98. The monoisotopic (exact) mass is 489 g/mol. The lowest BCUT2D eigenvalue weighted by atomic mass is 10.1. The van der Waals surface area contributed by atoms with Crippen molar-refractivity contribution in [1.29, 1.82) is 5.41 Å². The number of amides is 1. The molecule has 3 aromatic rings. The molecule has 0 unspecified atom stereocenters. The Balaban J connectivity index is 1.50. The fourth-order valence-electron chi connectivity index (χ4n) is 4.99. The smallest absolute Gasteiger partial charge is 0.307 e. The predicted molar refractivity (Wildman–Crippen MR) is 140 cm³/mol. The maximum Gasteiger partial charge on any atom is 0.307 e. The molecule has 2 aromatic carbocycles. The number of nitrogens with one attached hydrogen (secondary N) is 1. The lowest BCUT2D eigenvalue weighted by Crippen LogP contribution is -2.40. The van der Waals surface area contributed by atoms with Crippen molar-refractivity contribution in [3.05, 3.63) is 65.0 Å². The number of amidine groups is 1. The Kier molecular flexibility index (Phi) is 8.03. The molecular weight excluding hydrogens is 454 g/mol. The maximum absolute atomic E-state index is 13.5. The van der Waals surface area contributed by atoms with Crippen LogP contribution in [-0.4, -0.2) is 51.4 Å². The van der Waals surface area contributed by atoms with E-state index in [9.17, 15) is 9.59 Å². The van der Waals surface area contributed by atoms with Gasteiger partial charge in [-0.3, -0.25) is 15.0 Å². The molecule has 8 heteroatoms. The summed E-state index contributed by atoms with van der Waals surface area (Å²) >= 11 is 0. The molecule has 1 saturated carbocycles. The Morgan fingerprint density at radius 2 is 1.81 bits per heavy atom. The molecule has 1 fully saturated rings. The topological polar surface area (TPSA) is 114 Å². The standard InChI is InChI=1S/C28H35N5O3/c1-3-36-26(34)16-17-33(22-6-4-5-7-22)28(35)21-13-14-24-23(18-21)31-25(32(24)2)15-10-19-8-11-20(12-9-19)27(29)30/h8-9,11-14,18,22H,3-7,10,15-17H2,1-2H3,(H3,29,30). The molecule has 4 rings (SSSR count). The van der Waals surface area contributed by atoms with Gasteiger partial charge in [0.25, 0.3) is 5.91 Å². The molecule has 36 heavy (non-hydrogen) atoms. The summed E-state index contributed by atoms with van der Waals surface area (Å²) in [7, 11) is 2.00. The number of rotatable bonds is 10. The van der Waals surface area contributed by atoms with Crippen molar-refractivity contribution >= 4 is 28.7 Å². The second kappa shape index (κ2) is 11.4. The largest absolute Gasteiger partial charge is 0.466 e. The van der Waals surface area contributed by atoms with E-state index in [4.69, 9.17) is 20.9 Å². The average molecular weight is 490 g/mol. The van der Waals surface area contributed by atoms with E-state index in [0.29, 0.717) is 24.3 Å². The molecule has 0 bridgehead atoms. The van der Waals surface area contributed by atoms with E-state index in [1.54, 1.807) is 6.92 Å². The molecular formula is C28H35N5O3. The molecule has 8 nitrogen and oxygen atoms in total. The number of fused-ring (bicyclic) bond motifs is 1. The molecule has 190 valence electrons. The number of carbonyl (C=O) groups excluding carboxylic acids is 2. The summed E-state index contributed by atoms with van der Waals surface area (Å²) in [6, 6.07) is 13.6. The minimum absolute atomic E-state index is 0.0501. The van der Waals surface area contributed by atoms with Crippen molar-refractivity contribution in [2.75, 3.05) is 13.2 Å². The SMILES string of the molecule is CCOC(=O)CCN(C(=O)c1ccc2c(c1)nc(CCc1ccc(C(=N)N)cc1)n2C)C1CCCC1. The van der Waals surface area contributed by atoms with Gasteiger partial charge in [0, 0.05) is 37.2 Å². The van der Waals surface area contributed by atoms with Crippen molar-refractivity contribution < 1.29 is 14.3 Å². The molecule has 0 spiro atoms. The van der Waals surface area contributed by atoms with E-state index in [2.05, 4.69) is 4.57 Å². The number of nitrogens with zero attached hydrogens (tertiary/aromatic N) is 3. The van der Waals surface area contributed by atoms with Crippen molar-refractivity contribution in [3.63, 3.8) is 0 Å². The molecule has 0 radical (unpaired) electrons. The summed E-state index contributed by atoms with van der Waals surface area (Å²) in [5, 5.41) is 7.53. The van der Waals surface area contributed by atoms with Crippen LogP contribution in [-0.2, 0) is 29.4 Å². The third-order valence-corrected chi connectivity index (χ3v) is 7.01. The van der Waals surface area contributed by atoms with Crippen molar-refractivity contribution in [2.24, 2.45) is 12.8 Å².